The van der Waals surface area contributed by atoms with Crippen molar-refractivity contribution in [1.29, 1.82) is 5.41 Å². The van der Waals surface area contributed by atoms with Gasteiger partial charge in [0.05, 0.1) is 36.3 Å². The van der Waals surface area contributed by atoms with Crippen molar-refractivity contribution in [3.63, 3.8) is 0 Å². The monoisotopic (exact) mass is 554 g/mol. The highest BCUT2D eigenvalue weighted by Crippen LogP contribution is 2.59. The Kier molecular flexibility index (Phi) is 8.73. The summed E-state index contributed by atoms with van der Waals surface area (Å²) in [6.45, 7) is 17.3. The first kappa shape index (κ1) is 31.1. The van der Waals surface area contributed by atoms with E-state index in [0.29, 0.717) is 41.9 Å². The van der Waals surface area contributed by atoms with E-state index in [2.05, 4.69) is 0 Å². The molecule has 0 unspecified atom stereocenters. The number of carbonyl (C=O) groups excluding carboxylic acids is 1. The molecule has 1 aliphatic carbocycles. The number of Topliss-reactive ketones (excluding diaryl/α,β-unsaturated/α-hetero) is 1. The van der Waals surface area contributed by atoms with Gasteiger partial charge in [0.1, 0.15) is 5.84 Å². The lowest BCUT2D eigenvalue weighted by Crippen LogP contribution is -2.38. The average Bonchev–Trinajstić information content (AvgIpc) is 3.66. The van der Waals surface area contributed by atoms with Crippen LogP contribution in [0.15, 0.2) is 24.3 Å². The van der Waals surface area contributed by atoms with Crippen LogP contribution in [0.5, 0.6) is 11.5 Å². The van der Waals surface area contributed by atoms with Gasteiger partial charge in [0.25, 0.3) is 0 Å². The van der Waals surface area contributed by atoms with Gasteiger partial charge in [0, 0.05) is 5.56 Å². The van der Waals surface area contributed by atoms with Crippen molar-refractivity contribution in [2.24, 2.45) is 0 Å². The quantitative estimate of drug-likeness (QED) is 0.330. The lowest BCUT2D eigenvalue weighted by molar-refractivity contribution is -0.142. The minimum Gasteiger partial charge on any atom is -0.490 e. The lowest BCUT2D eigenvalue weighted by atomic mass is 9.78. The smallest absolute Gasteiger partial charge is 0.313 e. The molecular formula is C32H43FN2O5. The molecular weight excluding hydrogens is 511 g/mol. The molecule has 0 atom stereocenters. The Bertz CT molecular complexity index is 1320. The van der Waals surface area contributed by atoms with Crippen LogP contribution in [0, 0.1) is 11.2 Å². The molecule has 8 heteroatoms. The Balaban J connectivity index is 0.00000216. The number of aliphatic carboxylic acids is 1. The number of halogens is 1. The first-order chi connectivity index (χ1) is 18.7. The fourth-order valence-electron chi connectivity index (χ4n) is 5.07. The molecule has 218 valence electrons. The predicted octanol–water partition coefficient (Wildman–Crippen LogP) is 6.82. The van der Waals surface area contributed by atoms with Crippen molar-refractivity contribution in [2.45, 2.75) is 91.5 Å². The molecule has 1 saturated carbocycles. The minimum atomic E-state index is -1.20. The number of nitrogens with one attached hydrogen (secondary N) is 1. The summed E-state index contributed by atoms with van der Waals surface area (Å²) in [6.07, 6.45) is 1.38. The first-order valence-corrected chi connectivity index (χ1v) is 14.1. The Labute approximate surface area is 237 Å². The summed E-state index contributed by atoms with van der Waals surface area (Å²) in [5.74, 6) is -1.64. The fourth-order valence-corrected chi connectivity index (χ4v) is 5.07. The summed E-state index contributed by atoms with van der Waals surface area (Å²) in [5, 5.41) is 18.7. The van der Waals surface area contributed by atoms with Crippen LogP contribution in [0.3, 0.4) is 0 Å². The van der Waals surface area contributed by atoms with Gasteiger partial charge in [-0.05, 0) is 80.8 Å². The number of hydrogen-bond donors (Lipinski definition) is 2. The molecule has 0 amide bonds. The molecule has 4 rings (SSSR count). The zero-order valence-electron chi connectivity index (χ0n) is 25.3. The summed E-state index contributed by atoms with van der Waals surface area (Å²) < 4.78 is 27.0. The third-order valence-corrected chi connectivity index (χ3v) is 7.70. The van der Waals surface area contributed by atoms with Crippen LogP contribution >= 0.6 is 0 Å². The number of carboxylic acid groups (broad SMARTS) is 1. The van der Waals surface area contributed by atoms with Crippen LogP contribution in [0.2, 0.25) is 0 Å². The molecule has 7 nitrogen and oxygen atoms in total. The summed E-state index contributed by atoms with van der Waals surface area (Å²) in [7, 11) is 0. The summed E-state index contributed by atoms with van der Waals surface area (Å²) in [6, 6.07) is 7.05. The standard InChI is InChI=1S/C30H37FN2O5.C2H6/c1-8-37-22-15-20-23(24(31)25(22)38-9-2)26(32)33(30(20)10-11-30)16-21(34)17-12-18(28(3,4)5)14-19(13-17)29(6,7)27(35)36;1-2/h12-15,32H,8-11,16H2,1-7H3,(H,35,36);1-2H3. The number of benzene rings is 2. The Morgan fingerprint density at radius 2 is 1.57 bits per heavy atom. The largest absolute Gasteiger partial charge is 0.490 e. The average molecular weight is 555 g/mol. The molecule has 0 aromatic heterocycles. The highest BCUT2D eigenvalue weighted by Gasteiger charge is 2.58. The van der Waals surface area contributed by atoms with E-state index in [1.807, 2.05) is 47.6 Å². The molecule has 1 aliphatic heterocycles. The van der Waals surface area contributed by atoms with Crippen LogP contribution in [0.4, 0.5) is 4.39 Å². The number of carbonyl (C=O) groups is 2. The normalized spacial score (nSPS) is 15.3. The molecule has 40 heavy (non-hydrogen) atoms. The zero-order valence-corrected chi connectivity index (χ0v) is 25.3. The molecule has 2 aromatic rings. The Morgan fingerprint density at radius 3 is 2.08 bits per heavy atom. The van der Waals surface area contributed by atoms with Gasteiger partial charge in [0.2, 0.25) is 0 Å². The van der Waals surface area contributed by atoms with Crippen LogP contribution < -0.4 is 9.47 Å². The van der Waals surface area contributed by atoms with E-state index in [4.69, 9.17) is 14.9 Å². The van der Waals surface area contributed by atoms with Crippen molar-refractivity contribution >= 4 is 17.6 Å². The zero-order chi connectivity index (χ0) is 30.2. The van der Waals surface area contributed by atoms with E-state index in [1.54, 1.807) is 43.9 Å². The summed E-state index contributed by atoms with van der Waals surface area (Å²) in [5.41, 5.74) is 0.421. The maximum absolute atomic E-state index is 15.7. The number of carboxylic acids is 1. The number of ketones is 1. The van der Waals surface area contributed by atoms with Crippen molar-refractivity contribution in [3.05, 3.63) is 57.9 Å². The maximum Gasteiger partial charge on any atom is 0.313 e. The van der Waals surface area contributed by atoms with Gasteiger partial charge in [-0.2, -0.15) is 0 Å². The third kappa shape index (κ3) is 5.32. The van der Waals surface area contributed by atoms with Crippen molar-refractivity contribution in [2.75, 3.05) is 19.8 Å². The number of rotatable bonds is 9. The highest BCUT2D eigenvalue weighted by atomic mass is 19.1. The van der Waals surface area contributed by atoms with E-state index in [9.17, 15) is 14.7 Å². The molecule has 0 bridgehead atoms. The molecule has 2 aromatic carbocycles. The summed E-state index contributed by atoms with van der Waals surface area (Å²) >= 11 is 0. The van der Waals surface area contributed by atoms with E-state index in [-0.39, 0.29) is 41.5 Å². The highest BCUT2D eigenvalue weighted by molar-refractivity contribution is 6.07. The van der Waals surface area contributed by atoms with E-state index in [0.717, 1.165) is 5.56 Å². The van der Waals surface area contributed by atoms with Crippen molar-refractivity contribution < 1.29 is 28.6 Å². The van der Waals surface area contributed by atoms with Gasteiger partial charge in [0.15, 0.2) is 23.1 Å². The molecule has 1 fully saturated rings. The molecule has 1 heterocycles. The maximum atomic E-state index is 15.7. The number of amidine groups is 1. The summed E-state index contributed by atoms with van der Waals surface area (Å²) in [4.78, 5) is 27.4. The van der Waals surface area contributed by atoms with Gasteiger partial charge in [-0.15, -0.1) is 0 Å². The van der Waals surface area contributed by atoms with Gasteiger partial charge in [-0.3, -0.25) is 15.0 Å². The minimum absolute atomic E-state index is 0.0137. The van der Waals surface area contributed by atoms with Crippen LogP contribution in [0.25, 0.3) is 0 Å². The lowest BCUT2D eigenvalue weighted by Gasteiger charge is -2.28. The molecule has 0 radical (unpaired) electrons. The van der Waals surface area contributed by atoms with Gasteiger partial charge >= 0.3 is 5.97 Å². The number of hydrogen-bond acceptors (Lipinski definition) is 5. The predicted molar refractivity (Wildman–Crippen MR) is 155 cm³/mol. The second kappa shape index (κ2) is 11.2. The molecule has 2 N–H and O–H groups in total. The van der Waals surface area contributed by atoms with Crippen molar-refractivity contribution in [1.82, 2.24) is 4.90 Å². The van der Waals surface area contributed by atoms with Crippen LogP contribution in [0.1, 0.15) is 108 Å². The second-order valence-corrected chi connectivity index (χ2v) is 11.7. The van der Waals surface area contributed by atoms with E-state index < -0.39 is 22.7 Å². The fraction of sp³-hybridized carbons (Fsp3) is 0.531. The molecule has 1 spiro atoms. The Hall–Kier alpha value is -3.42. The van der Waals surface area contributed by atoms with Gasteiger partial charge < -0.3 is 19.5 Å². The number of fused-ring (bicyclic) bond motifs is 2. The van der Waals surface area contributed by atoms with E-state index in [1.165, 1.54) is 0 Å². The number of ether oxygens (including phenoxy) is 2. The second-order valence-electron chi connectivity index (χ2n) is 11.7. The molecule has 2 aliphatic rings. The Morgan fingerprint density at radius 1 is 1.00 bits per heavy atom. The van der Waals surface area contributed by atoms with Crippen molar-refractivity contribution in [3.8, 4) is 11.5 Å². The van der Waals surface area contributed by atoms with Gasteiger partial charge in [-0.25, -0.2) is 4.39 Å². The third-order valence-electron chi connectivity index (χ3n) is 7.70. The SMILES string of the molecule is CC.CCOc1cc2c(c(F)c1OCC)C(=N)N(CC(=O)c1cc(C(C)(C)C)cc(C(C)(C)C(=O)O)c1)C21CC1. The number of nitrogens with zero attached hydrogens (tertiary/aromatic N) is 1. The van der Waals surface area contributed by atoms with Crippen LogP contribution in [-0.2, 0) is 21.2 Å². The first-order valence-electron chi connectivity index (χ1n) is 14.1. The topological polar surface area (TPSA) is 99.9 Å². The van der Waals surface area contributed by atoms with E-state index >= 15 is 4.39 Å². The van der Waals surface area contributed by atoms with Gasteiger partial charge in [-0.1, -0.05) is 40.7 Å². The molecule has 0 saturated heterocycles. The van der Waals surface area contributed by atoms with Crippen LogP contribution in [-0.4, -0.2) is 47.4 Å².